The monoisotopic (exact) mass is 289 g/mol. The van der Waals surface area contributed by atoms with Gasteiger partial charge in [-0.05, 0) is 31.0 Å². The van der Waals surface area contributed by atoms with Crippen molar-refractivity contribution in [2.24, 2.45) is 5.92 Å². The van der Waals surface area contributed by atoms with Crippen molar-refractivity contribution < 1.29 is 4.74 Å². The summed E-state index contributed by atoms with van der Waals surface area (Å²) in [5.74, 6) is 2.72. The molecule has 0 saturated carbocycles. The summed E-state index contributed by atoms with van der Waals surface area (Å²) in [6.45, 7) is 9.71. The predicted octanol–water partition coefficient (Wildman–Crippen LogP) is 3.24. The second-order valence-electron chi connectivity index (χ2n) is 5.88. The van der Waals surface area contributed by atoms with Gasteiger partial charge < -0.3 is 14.6 Å². The van der Waals surface area contributed by atoms with Crippen molar-refractivity contribution >= 4 is 11.0 Å². The molecule has 2 aromatic rings. The molecule has 0 aliphatic heterocycles. The average Bonchev–Trinajstić information content (AvgIpc) is 2.81. The van der Waals surface area contributed by atoms with E-state index in [0.29, 0.717) is 5.92 Å². The summed E-state index contributed by atoms with van der Waals surface area (Å²) in [6.07, 6.45) is 2.08. The van der Waals surface area contributed by atoms with E-state index in [1.165, 1.54) is 5.52 Å². The van der Waals surface area contributed by atoms with Crippen molar-refractivity contribution in [1.29, 1.82) is 0 Å². The Morgan fingerprint density at radius 3 is 2.81 bits per heavy atom. The number of imidazole rings is 1. The number of aryl methyl sites for hydroxylation is 1. The first-order chi connectivity index (χ1) is 10.2. The van der Waals surface area contributed by atoms with Crippen molar-refractivity contribution in [2.75, 3.05) is 20.2 Å². The summed E-state index contributed by atoms with van der Waals surface area (Å²) >= 11 is 0. The molecule has 0 atom stereocenters. The molecule has 2 rings (SSSR count). The lowest BCUT2D eigenvalue weighted by Crippen LogP contribution is -2.23. The van der Waals surface area contributed by atoms with Crippen molar-refractivity contribution in [3.63, 3.8) is 0 Å². The SMILES string of the molecule is CCCn1c(CCNCC(C)C)nc2cc(OC)ccc21. The van der Waals surface area contributed by atoms with Gasteiger partial charge in [0, 0.05) is 25.6 Å². The molecule has 0 amide bonds. The Hall–Kier alpha value is -1.55. The smallest absolute Gasteiger partial charge is 0.121 e. The van der Waals surface area contributed by atoms with E-state index in [2.05, 4.69) is 36.7 Å². The molecule has 0 radical (unpaired) electrons. The lowest BCUT2D eigenvalue weighted by molar-refractivity contribution is 0.415. The van der Waals surface area contributed by atoms with Crippen LogP contribution in [0, 0.1) is 5.92 Å². The Morgan fingerprint density at radius 1 is 1.33 bits per heavy atom. The van der Waals surface area contributed by atoms with Crippen molar-refractivity contribution in [3.05, 3.63) is 24.0 Å². The number of benzene rings is 1. The predicted molar refractivity (Wildman–Crippen MR) is 88.0 cm³/mol. The van der Waals surface area contributed by atoms with Gasteiger partial charge in [0.25, 0.3) is 0 Å². The van der Waals surface area contributed by atoms with Gasteiger partial charge in [-0.25, -0.2) is 4.98 Å². The van der Waals surface area contributed by atoms with E-state index in [1.807, 2.05) is 12.1 Å². The molecule has 1 heterocycles. The Balaban J connectivity index is 2.18. The molecule has 4 nitrogen and oxygen atoms in total. The molecule has 1 aromatic heterocycles. The molecule has 0 bridgehead atoms. The quantitative estimate of drug-likeness (QED) is 0.758. The first-order valence-corrected chi connectivity index (χ1v) is 7.89. The first kappa shape index (κ1) is 15.8. The number of aromatic nitrogens is 2. The Bertz CT molecular complexity index is 575. The second kappa shape index (κ2) is 7.46. The summed E-state index contributed by atoms with van der Waals surface area (Å²) in [4.78, 5) is 4.80. The minimum Gasteiger partial charge on any atom is -0.497 e. The normalized spacial score (nSPS) is 11.5. The van der Waals surface area contributed by atoms with Crippen LogP contribution < -0.4 is 10.1 Å². The molecule has 0 aliphatic carbocycles. The number of hydrogen-bond acceptors (Lipinski definition) is 3. The third-order valence-corrected chi connectivity index (χ3v) is 3.56. The van der Waals surface area contributed by atoms with E-state index < -0.39 is 0 Å². The number of nitrogens with one attached hydrogen (secondary N) is 1. The van der Waals surface area contributed by atoms with E-state index in [0.717, 1.165) is 49.6 Å². The van der Waals surface area contributed by atoms with Gasteiger partial charge in [-0.15, -0.1) is 0 Å². The average molecular weight is 289 g/mol. The van der Waals surface area contributed by atoms with Crippen LogP contribution in [0.25, 0.3) is 11.0 Å². The lowest BCUT2D eigenvalue weighted by Gasteiger charge is -2.09. The molecular formula is C17H27N3O. The molecule has 1 N–H and O–H groups in total. The zero-order chi connectivity index (χ0) is 15.2. The van der Waals surface area contributed by atoms with Crippen LogP contribution in [0.2, 0.25) is 0 Å². The third kappa shape index (κ3) is 3.97. The number of rotatable bonds is 8. The third-order valence-electron chi connectivity index (χ3n) is 3.56. The van der Waals surface area contributed by atoms with Crippen LogP contribution in [0.1, 0.15) is 33.0 Å². The summed E-state index contributed by atoms with van der Waals surface area (Å²) in [6, 6.07) is 6.14. The molecule has 0 fully saturated rings. The maximum Gasteiger partial charge on any atom is 0.121 e. The highest BCUT2D eigenvalue weighted by atomic mass is 16.5. The van der Waals surface area contributed by atoms with Crippen LogP contribution in [-0.4, -0.2) is 29.8 Å². The highest BCUT2D eigenvalue weighted by Gasteiger charge is 2.10. The standard InChI is InChI=1S/C17H27N3O/c1-5-10-20-16-7-6-14(21-4)11-15(16)19-17(20)8-9-18-12-13(2)3/h6-7,11,13,18H,5,8-10,12H2,1-4H3. The van der Waals surface area contributed by atoms with Gasteiger partial charge in [0.15, 0.2) is 0 Å². The van der Waals surface area contributed by atoms with E-state index in [4.69, 9.17) is 9.72 Å². The highest BCUT2D eigenvalue weighted by Crippen LogP contribution is 2.22. The fourth-order valence-electron chi connectivity index (χ4n) is 2.54. The first-order valence-electron chi connectivity index (χ1n) is 7.89. The number of fused-ring (bicyclic) bond motifs is 1. The molecule has 4 heteroatoms. The largest absolute Gasteiger partial charge is 0.497 e. The van der Waals surface area contributed by atoms with Crippen LogP contribution in [0.4, 0.5) is 0 Å². The van der Waals surface area contributed by atoms with Crippen molar-refractivity contribution in [1.82, 2.24) is 14.9 Å². The highest BCUT2D eigenvalue weighted by molar-refractivity contribution is 5.77. The van der Waals surface area contributed by atoms with E-state index in [-0.39, 0.29) is 0 Å². The van der Waals surface area contributed by atoms with Crippen LogP contribution in [-0.2, 0) is 13.0 Å². The second-order valence-corrected chi connectivity index (χ2v) is 5.88. The maximum absolute atomic E-state index is 5.29. The summed E-state index contributed by atoms with van der Waals surface area (Å²) in [5, 5.41) is 3.49. The molecule has 21 heavy (non-hydrogen) atoms. The van der Waals surface area contributed by atoms with Crippen LogP contribution in [0.15, 0.2) is 18.2 Å². The van der Waals surface area contributed by atoms with Crippen LogP contribution in [0.5, 0.6) is 5.75 Å². The number of nitrogens with zero attached hydrogens (tertiary/aromatic N) is 2. The number of ether oxygens (including phenoxy) is 1. The van der Waals surface area contributed by atoms with Crippen LogP contribution in [0.3, 0.4) is 0 Å². The molecule has 0 aliphatic rings. The maximum atomic E-state index is 5.29. The van der Waals surface area contributed by atoms with E-state index in [9.17, 15) is 0 Å². The van der Waals surface area contributed by atoms with Gasteiger partial charge in [0.05, 0.1) is 18.1 Å². The summed E-state index contributed by atoms with van der Waals surface area (Å²) in [5.41, 5.74) is 2.23. The minimum absolute atomic E-state index is 0.684. The fraction of sp³-hybridized carbons (Fsp3) is 0.588. The zero-order valence-electron chi connectivity index (χ0n) is 13.6. The van der Waals surface area contributed by atoms with Gasteiger partial charge in [0.2, 0.25) is 0 Å². The summed E-state index contributed by atoms with van der Waals surface area (Å²) < 4.78 is 7.63. The van der Waals surface area contributed by atoms with E-state index in [1.54, 1.807) is 7.11 Å². The van der Waals surface area contributed by atoms with Gasteiger partial charge in [-0.1, -0.05) is 20.8 Å². The summed E-state index contributed by atoms with van der Waals surface area (Å²) in [7, 11) is 1.70. The molecule has 0 spiro atoms. The zero-order valence-corrected chi connectivity index (χ0v) is 13.6. The topological polar surface area (TPSA) is 39.1 Å². The molecule has 0 saturated heterocycles. The van der Waals surface area contributed by atoms with Crippen molar-refractivity contribution in [2.45, 2.75) is 40.2 Å². The minimum atomic E-state index is 0.684. The van der Waals surface area contributed by atoms with Gasteiger partial charge in [0.1, 0.15) is 11.6 Å². The molecule has 0 unspecified atom stereocenters. The van der Waals surface area contributed by atoms with Crippen molar-refractivity contribution in [3.8, 4) is 5.75 Å². The Kier molecular flexibility index (Phi) is 5.62. The lowest BCUT2D eigenvalue weighted by atomic mass is 10.2. The molecule has 1 aromatic carbocycles. The van der Waals surface area contributed by atoms with Gasteiger partial charge in [-0.2, -0.15) is 0 Å². The van der Waals surface area contributed by atoms with E-state index >= 15 is 0 Å². The molecule has 116 valence electrons. The Labute approximate surface area is 127 Å². The Morgan fingerprint density at radius 2 is 2.14 bits per heavy atom. The fourth-order valence-corrected chi connectivity index (χ4v) is 2.54. The number of methoxy groups -OCH3 is 1. The van der Waals surface area contributed by atoms with Gasteiger partial charge >= 0.3 is 0 Å². The number of hydrogen-bond donors (Lipinski definition) is 1. The molecular weight excluding hydrogens is 262 g/mol. The van der Waals surface area contributed by atoms with Gasteiger partial charge in [-0.3, -0.25) is 0 Å². The van der Waals surface area contributed by atoms with Crippen LogP contribution >= 0.6 is 0 Å².